The van der Waals surface area contributed by atoms with Crippen molar-refractivity contribution in [2.45, 2.75) is 51.3 Å². The molecule has 7 nitrogen and oxygen atoms in total. The van der Waals surface area contributed by atoms with E-state index in [-0.39, 0.29) is 23.3 Å². The zero-order chi connectivity index (χ0) is 31.8. The number of Topliss-reactive ketones (excluding diaryl/α,β-unsaturated/α-hetero) is 1. The van der Waals surface area contributed by atoms with Crippen LogP contribution in [0.15, 0.2) is 103 Å². The summed E-state index contributed by atoms with van der Waals surface area (Å²) in [5.74, 6) is -0.208. The first-order valence-electron chi connectivity index (χ1n) is 15.6. The van der Waals surface area contributed by atoms with Crippen LogP contribution in [0, 0.1) is 5.92 Å². The third-order valence-corrected chi connectivity index (χ3v) is 8.28. The van der Waals surface area contributed by atoms with Crippen molar-refractivity contribution in [3.63, 3.8) is 0 Å². The first kappa shape index (κ1) is 31.8. The Kier molecular flexibility index (Phi) is 10.6. The lowest BCUT2D eigenvalue weighted by Crippen LogP contribution is -2.49. The van der Waals surface area contributed by atoms with Gasteiger partial charge in [-0.3, -0.25) is 14.4 Å². The number of rotatable bonds is 14. The summed E-state index contributed by atoms with van der Waals surface area (Å²) in [6.45, 7) is 4.60. The molecule has 2 amide bonds. The van der Waals surface area contributed by atoms with E-state index in [1.54, 1.807) is 30.3 Å². The van der Waals surface area contributed by atoms with Crippen LogP contribution in [0.25, 0.3) is 11.1 Å². The molecule has 0 bridgehead atoms. The molecule has 0 radical (unpaired) electrons. The highest BCUT2D eigenvalue weighted by Gasteiger charge is 2.26. The first-order valence-corrected chi connectivity index (χ1v) is 15.6. The lowest BCUT2D eigenvalue weighted by Gasteiger charge is -2.25. The minimum absolute atomic E-state index is 0.117. The van der Waals surface area contributed by atoms with Gasteiger partial charge >= 0.3 is 0 Å². The third-order valence-electron chi connectivity index (χ3n) is 8.28. The molecule has 4 aromatic rings. The monoisotopic (exact) mass is 603 g/mol. The number of carbonyl (C=O) groups excluding carboxylic acids is 3. The van der Waals surface area contributed by atoms with Crippen LogP contribution in [0.4, 0.5) is 0 Å². The average Bonchev–Trinajstić information content (AvgIpc) is 3.89. The van der Waals surface area contributed by atoms with E-state index >= 15 is 0 Å². The molecule has 7 heteroatoms. The minimum atomic E-state index is -0.830. The molecule has 45 heavy (non-hydrogen) atoms. The van der Waals surface area contributed by atoms with Crippen molar-refractivity contribution in [3.05, 3.63) is 131 Å². The van der Waals surface area contributed by atoms with Crippen molar-refractivity contribution in [1.82, 2.24) is 16.0 Å². The van der Waals surface area contributed by atoms with Crippen molar-refractivity contribution >= 4 is 17.6 Å². The van der Waals surface area contributed by atoms with Crippen LogP contribution in [0.5, 0.6) is 0 Å². The second-order valence-corrected chi connectivity index (χ2v) is 11.9. The van der Waals surface area contributed by atoms with Gasteiger partial charge in [-0.15, -0.1) is 0 Å². The summed E-state index contributed by atoms with van der Waals surface area (Å²) in [6.07, 6.45) is 2.02. The zero-order valence-electron chi connectivity index (χ0n) is 25.8. The molecular formula is C38H41N3O4. The average molecular weight is 604 g/mol. The molecule has 0 heterocycles. The molecule has 0 aliphatic heterocycles. The van der Waals surface area contributed by atoms with Gasteiger partial charge in [0.05, 0.1) is 18.2 Å². The Hall–Kier alpha value is -4.59. The Morgan fingerprint density at radius 3 is 2.04 bits per heavy atom. The van der Waals surface area contributed by atoms with E-state index in [0.717, 1.165) is 17.7 Å². The van der Waals surface area contributed by atoms with Crippen LogP contribution in [0.3, 0.4) is 0 Å². The molecular weight excluding hydrogens is 562 g/mol. The molecule has 0 unspecified atom stereocenters. The van der Waals surface area contributed by atoms with Gasteiger partial charge in [0.25, 0.3) is 11.8 Å². The highest BCUT2D eigenvalue weighted by molar-refractivity contribution is 6.04. The van der Waals surface area contributed by atoms with Crippen LogP contribution in [0.1, 0.15) is 74.9 Å². The number of carbonyl (C=O) groups is 3. The van der Waals surface area contributed by atoms with Gasteiger partial charge in [-0.2, -0.15) is 0 Å². The Morgan fingerprint density at radius 1 is 0.800 bits per heavy atom. The molecule has 4 aromatic carbocycles. The number of aliphatic hydroxyl groups excluding tert-OH is 1. The lowest BCUT2D eigenvalue weighted by molar-refractivity contribution is 0.0830. The summed E-state index contributed by atoms with van der Waals surface area (Å²) < 4.78 is 0. The molecule has 0 aromatic heterocycles. The predicted molar refractivity (Wildman–Crippen MR) is 177 cm³/mol. The molecule has 1 saturated carbocycles. The Balaban J connectivity index is 1.45. The van der Waals surface area contributed by atoms with E-state index in [4.69, 9.17) is 0 Å². The van der Waals surface area contributed by atoms with Gasteiger partial charge in [-0.05, 0) is 86.0 Å². The maximum Gasteiger partial charge on any atom is 0.251 e. The van der Waals surface area contributed by atoms with Gasteiger partial charge in [0.15, 0.2) is 5.78 Å². The predicted octanol–water partition coefficient (Wildman–Crippen LogP) is 5.75. The van der Waals surface area contributed by atoms with Gasteiger partial charge in [0, 0.05) is 23.2 Å². The second kappa shape index (κ2) is 14.9. The van der Waals surface area contributed by atoms with Crippen LogP contribution in [0.2, 0.25) is 0 Å². The Bertz CT molecular complexity index is 1620. The quantitative estimate of drug-likeness (QED) is 0.137. The number of benzene rings is 4. The molecule has 232 valence electrons. The number of hydrogen-bond donors (Lipinski definition) is 4. The van der Waals surface area contributed by atoms with Gasteiger partial charge in [-0.25, -0.2) is 0 Å². The summed E-state index contributed by atoms with van der Waals surface area (Å²) in [6, 6.07) is 30.7. The molecule has 1 aliphatic rings. The SMILES string of the molecule is CC(=O)c1ccccc1-c1cc(C(=O)N[C@@H](Cc2ccccc2)[C@H](O)CNCC2CC2)cc(C(=O)N[C@H](C)c2ccccc2)c1. The van der Waals surface area contributed by atoms with Crippen molar-refractivity contribution < 1.29 is 19.5 Å². The van der Waals surface area contributed by atoms with Crippen molar-refractivity contribution in [2.75, 3.05) is 13.1 Å². The number of nitrogens with one attached hydrogen (secondary N) is 3. The summed E-state index contributed by atoms with van der Waals surface area (Å²) in [5, 5.41) is 20.6. The number of ketones is 1. The van der Waals surface area contributed by atoms with E-state index in [0.29, 0.717) is 41.1 Å². The van der Waals surface area contributed by atoms with Crippen molar-refractivity contribution in [2.24, 2.45) is 5.92 Å². The van der Waals surface area contributed by atoms with E-state index < -0.39 is 18.1 Å². The van der Waals surface area contributed by atoms with Crippen molar-refractivity contribution in [3.8, 4) is 11.1 Å². The maximum atomic E-state index is 13.9. The summed E-state index contributed by atoms with van der Waals surface area (Å²) in [4.78, 5) is 40.0. The molecule has 0 saturated heterocycles. The van der Waals surface area contributed by atoms with E-state index in [9.17, 15) is 19.5 Å². The smallest absolute Gasteiger partial charge is 0.251 e. The number of amides is 2. The maximum absolute atomic E-state index is 13.9. The largest absolute Gasteiger partial charge is 0.390 e. The Labute approximate surface area is 265 Å². The van der Waals surface area contributed by atoms with Gasteiger partial charge in [0.2, 0.25) is 0 Å². The fraction of sp³-hybridized carbons (Fsp3) is 0.289. The molecule has 0 spiro atoms. The topological polar surface area (TPSA) is 108 Å². The summed E-state index contributed by atoms with van der Waals surface area (Å²) in [7, 11) is 0. The highest BCUT2D eigenvalue weighted by Crippen LogP contribution is 2.28. The summed E-state index contributed by atoms with van der Waals surface area (Å²) in [5.41, 5.74) is 4.22. The lowest BCUT2D eigenvalue weighted by atomic mass is 9.93. The van der Waals surface area contributed by atoms with Crippen LogP contribution in [-0.4, -0.2) is 47.9 Å². The minimum Gasteiger partial charge on any atom is -0.390 e. The van der Waals surface area contributed by atoms with Gasteiger partial charge in [0.1, 0.15) is 0 Å². The summed E-state index contributed by atoms with van der Waals surface area (Å²) >= 11 is 0. The van der Waals surface area contributed by atoms with Crippen LogP contribution >= 0.6 is 0 Å². The van der Waals surface area contributed by atoms with Crippen molar-refractivity contribution in [1.29, 1.82) is 0 Å². The molecule has 1 fully saturated rings. The second-order valence-electron chi connectivity index (χ2n) is 11.9. The fourth-order valence-electron chi connectivity index (χ4n) is 5.49. The first-order chi connectivity index (χ1) is 21.8. The Morgan fingerprint density at radius 2 is 1.40 bits per heavy atom. The third kappa shape index (κ3) is 8.75. The van der Waals surface area contributed by atoms with E-state index in [2.05, 4.69) is 16.0 Å². The van der Waals surface area contributed by atoms with E-state index in [1.165, 1.54) is 19.8 Å². The highest BCUT2D eigenvalue weighted by atomic mass is 16.3. The van der Waals surface area contributed by atoms with E-state index in [1.807, 2.05) is 79.7 Å². The zero-order valence-corrected chi connectivity index (χ0v) is 25.8. The fourth-order valence-corrected chi connectivity index (χ4v) is 5.49. The normalized spacial score (nSPS) is 14.6. The number of aliphatic hydroxyl groups is 1. The number of hydrogen-bond acceptors (Lipinski definition) is 5. The van der Waals surface area contributed by atoms with Crippen LogP contribution < -0.4 is 16.0 Å². The molecule has 4 N–H and O–H groups in total. The standard InChI is InChI=1S/C38H41N3O4/c1-25(29-13-7-4-8-14-29)40-37(44)31-20-30(34-16-10-9-15-33(34)26(2)42)21-32(22-31)38(45)41-35(19-27-11-5-3-6-12-27)36(43)24-39-23-28-17-18-28/h3-16,20-22,25,28,35-36,39,43H,17-19,23-24H2,1-2H3,(H,40,44)(H,41,45)/t25-,35+,36-/m1/s1. The molecule has 5 rings (SSSR count). The van der Waals surface area contributed by atoms with Gasteiger partial charge < -0.3 is 21.1 Å². The molecule has 3 atom stereocenters. The van der Waals surface area contributed by atoms with Gasteiger partial charge in [-0.1, -0.05) is 84.9 Å². The molecule has 1 aliphatic carbocycles. The van der Waals surface area contributed by atoms with Crippen LogP contribution in [-0.2, 0) is 6.42 Å².